The summed E-state index contributed by atoms with van der Waals surface area (Å²) in [6.07, 6.45) is 0.889. The first-order valence-electron chi connectivity index (χ1n) is 5.99. The number of aromatic amines is 1. The van der Waals surface area contributed by atoms with Gasteiger partial charge in [0.25, 0.3) is 0 Å². The molecule has 0 saturated heterocycles. The maximum Gasteiger partial charge on any atom is 0.168 e. The molecule has 1 heterocycles. The number of rotatable bonds is 6. The fourth-order valence-electron chi connectivity index (χ4n) is 1.63. The molecule has 1 aromatic carbocycles. The van der Waals surface area contributed by atoms with Gasteiger partial charge in [-0.3, -0.25) is 0 Å². The van der Waals surface area contributed by atoms with E-state index in [1.54, 1.807) is 0 Å². The molecule has 5 nitrogen and oxygen atoms in total. The van der Waals surface area contributed by atoms with Gasteiger partial charge in [0.1, 0.15) is 17.4 Å². The van der Waals surface area contributed by atoms with Crippen molar-refractivity contribution in [1.29, 1.82) is 0 Å². The van der Waals surface area contributed by atoms with Gasteiger partial charge in [-0.15, -0.1) is 0 Å². The highest BCUT2D eigenvalue weighted by atomic mass is 16.5. The molecule has 0 atom stereocenters. The van der Waals surface area contributed by atoms with Gasteiger partial charge in [-0.25, -0.2) is 4.98 Å². The number of imidazole rings is 1. The number of nitrogen functional groups attached to an aromatic ring is 1. The highest BCUT2D eigenvalue weighted by molar-refractivity contribution is 5.56. The van der Waals surface area contributed by atoms with Crippen molar-refractivity contribution < 1.29 is 4.74 Å². The molecule has 96 valence electrons. The molecule has 5 heteroatoms. The molecule has 1 aromatic heterocycles. The summed E-state index contributed by atoms with van der Waals surface area (Å²) in [5.74, 6) is 3.01. The summed E-state index contributed by atoms with van der Waals surface area (Å²) in [5.41, 5.74) is 5.74. The first-order valence-corrected chi connectivity index (χ1v) is 5.99. The summed E-state index contributed by atoms with van der Waals surface area (Å²) in [5, 5.41) is 3.17. The Morgan fingerprint density at radius 3 is 2.78 bits per heavy atom. The van der Waals surface area contributed by atoms with E-state index in [1.165, 1.54) is 0 Å². The monoisotopic (exact) mass is 246 g/mol. The molecule has 18 heavy (non-hydrogen) atoms. The minimum Gasteiger partial charge on any atom is -0.494 e. The molecule has 2 rings (SSSR count). The van der Waals surface area contributed by atoms with E-state index in [-0.39, 0.29) is 0 Å². The minimum atomic E-state index is 0.580. The quantitative estimate of drug-likeness (QED) is 0.683. The normalized spacial score (nSPS) is 10.3. The second kappa shape index (κ2) is 5.95. The Kier molecular flexibility index (Phi) is 4.06. The largest absolute Gasteiger partial charge is 0.494 e. The maximum absolute atomic E-state index is 5.74. The number of benzene rings is 1. The molecule has 0 aliphatic rings. The summed E-state index contributed by atoms with van der Waals surface area (Å²) >= 11 is 0. The Balaban J connectivity index is 1.66. The van der Waals surface area contributed by atoms with Crippen LogP contribution in [-0.2, 0) is 0 Å². The molecule has 0 fully saturated rings. The third-order valence-electron chi connectivity index (χ3n) is 2.48. The average Bonchev–Trinajstić information content (AvgIpc) is 2.69. The van der Waals surface area contributed by atoms with Crippen LogP contribution in [0.25, 0.3) is 0 Å². The number of aromatic nitrogens is 2. The number of para-hydroxylation sites is 1. The van der Waals surface area contributed by atoms with E-state index < -0.39 is 0 Å². The molecule has 4 N–H and O–H groups in total. The molecule has 0 amide bonds. The van der Waals surface area contributed by atoms with Gasteiger partial charge < -0.3 is 20.8 Å². The van der Waals surface area contributed by atoms with Crippen molar-refractivity contribution in [2.45, 2.75) is 13.3 Å². The summed E-state index contributed by atoms with van der Waals surface area (Å²) in [6, 6.07) is 9.78. The van der Waals surface area contributed by atoms with Crippen LogP contribution in [0.2, 0.25) is 0 Å². The zero-order valence-electron chi connectivity index (χ0n) is 10.4. The molecular formula is C13H18N4O. The lowest BCUT2D eigenvalue weighted by atomic mass is 10.3. The second-order valence-electron chi connectivity index (χ2n) is 4.03. The van der Waals surface area contributed by atoms with Crippen LogP contribution in [0.15, 0.2) is 30.3 Å². The van der Waals surface area contributed by atoms with Gasteiger partial charge >= 0.3 is 0 Å². The SMILES string of the molecule is Cc1nc(NCCCOc2ccccc2)c(N)[nH]1. The smallest absolute Gasteiger partial charge is 0.168 e. The molecule has 0 saturated carbocycles. The van der Waals surface area contributed by atoms with Crippen LogP contribution in [0.1, 0.15) is 12.2 Å². The van der Waals surface area contributed by atoms with E-state index in [1.807, 2.05) is 37.3 Å². The van der Waals surface area contributed by atoms with Crippen molar-refractivity contribution in [3.8, 4) is 5.75 Å². The van der Waals surface area contributed by atoms with Crippen LogP contribution >= 0.6 is 0 Å². The minimum absolute atomic E-state index is 0.580. The van der Waals surface area contributed by atoms with E-state index in [2.05, 4.69) is 15.3 Å². The number of nitrogens with one attached hydrogen (secondary N) is 2. The molecular weight excluding hydrogens is 228 g/mol. The number of nitrogens with zero attached hydrogens (tertiary/aromatic N) is 1. The summed E-state index contributed by atoms with van der Waals surface area (Å²) < 4.78 is 5.58. The molecule has 0 spiro atoms. The second-order valence-corrected chi connectivity index (χ2v) is 4.03. The van der Waals surface area contributed by atoms with E-state index >= 15 is 0 Å². The first kappa shape index (κ1) is 12.3. The van der Waals surface area contributed by atoms with Gasteiger partial charge in [0.05, 0.1) is 6.61 Å². The lowest BCUT2D eigenvalue weighted by molar-refractivity contribution is 0.315. The fraction of sp³-hybridized carbons (Fsp3) is 0.308. The van der Waals surface area contributed by atoms with Gasteiger partial charge in [-0.1, -0.05) is 18.2 Å². The third kappa shape index (κ3) is 3.41. The predicted molar refractivity (Wildman–Crippen MR) is 72.8 cm³/mol. The van der Waals surface area contributed by atoms with Gasteiger partial charge in [0.15, 0.2) is 5.82 Å². The van der Waals surface area contributed by atoms with Gasteiger partial charge in [-0.05, 0) is 25.5 Å². The Bertz CT molecular complexity index is 481. The highest BCUT2D eigenvalue weighted by Crippen LogP contribution is 2.13. The van der Waals surface area contributed by atoms with Crippen LogP contribution < -0.4 is 15.8 Å². The zero-order valence-corrected chi connectivity index (χ0v) is 10.4. The van der Waals surface area contributed by atoms with Crippen molar-refractivity contribution in [2.75, 3.05) is 24.2 Å². The number of hydrogen-bond donors (Lipinski definition) is 3. The Morgan fingerprint density at radius 1 is 1.33 bits per heavy atom. The maximum atomic E-state index is 5.74. The third-order valence-corrected chi connectivity index (χ3v) is 2.48. The van der Waals surface area contributed by atoms with Gasteiger partial charge in [0, 0.05) is 6.54 Å². The molecule has 2 aromatic rings. The highest BCUT2D eigenvalue weighted by Gasteiger charge is 2.02. The summed E-state index contributed by atoms with van der Waals surface area (Å²) in [6.45, 7) is 3.32. The topological polar surface area (TPSA) is 76.0 Å². The number of aryl methyl sites for hydroxylation is 1. The van der Waals surface area contributed by atoms with Crippen LogP contribution in [0.4, 0.5) is 11.6 Å². The number of anilines is 2. The van der Waals surface area contributed by atoms with E-state index in [9.17, 15) is 0 Å². The number of nitrogens with two attached hydrogens (primary N) is 1. The van der Waals surface area contributed by atoms with Crippen molar-refractivity contribution in [2.24, 2.45) is 0 Å². The molecule has 0 aliphatic carbocycles. The predicted octanol–water partition coefficient (Wildman–Crippen LogP) is 2.18. The van der Waals surface area contributed by atoms with E-state index in [0.29, 0.717) is 18.2 Å². The molecule has 0 aliphatic heterocycles. The van der Waals surface area contributed by atoms with Crippen LogP contribution in [0.5, 0.6) is 5.75 Å². The lowest BCUT2D eigenvalue weighted by Gasteiger charge is -2.06. The number of ether oxygens (including phenoxy) is 1. The Morgan fingerprint density at radius 2 is 2.11 bits per heavy atom. The van der Waals surface area contributed by atoms with Crippen LogP contribution in [0, 0.1) is 6.92 Å². The number of H-pyrrole nitrogens is 1. The van der Waals surface area contributed by atoms with Crippen molar-refractivity contribution in [3.63, 3.8) is 0 Å². The zero-order chi connectivity index (χ0) is 12.8. The van der Waals surface area contributed by atoms with E-state index in [0.717, 1.165) is 24.5 Å². The Hall–Kier alpha value is -2.17. The standard InChI is InChI=1S/C13H18N4O/c1-10-16-12(14)13(17-10)15-8-5-9-18-11-6-3-2-4-7-11/h2-4,6-7,15H,5,8-9,14H2,1H3,(H,16,17). The fourth-order valence-corrected chi connectivity index (χ4v) is 1.63. The average molecular weight is 246 g/mol. The lowest BCUT2D eigenvalue weighted by Crippen LogP contribution is -2.08. The van der Waals surface area contributed by atoms with Crippen LogP contribution in [0.3, 0.4) is 0 Å². The van der Waals surface area contributed by atoms with Gasteiger partial charge in [-0.2, -0.15) is 0 Å². The van der Waals surface area contributed by atoms with E-state index in [4.69, 9.17) is 10.5 Å². The van der Waals surface area contributed by atoms with Gasteiger partial charge in [0.2, 0.25) is 0 Å². The van der Waals surface area contributed by atoms with Crippen molar-refractivity contribution in [3.05, 3.63) is 36.2 Å². The molecule has 0 radical (unpaired) electrons. The molecule has 0 bridgehead atoms. The van der Waals surface area contributed by atoms with Crippen LogP contribution in [-0.4, -0.2) is 23.1 Å². The van der Waals surface area contributed by atoms with Crippen molar-refractivity contribution in [1.82, 2.24) is 9.97 Å². The molecule has 0 unspecified atom stereocenters. The number of hydrogen-bond acceptors (Lipinski definition) is 4. The van der Waals surface area contributed by atoms with Crippen molar-refractivity contribution >= 4 is 11.6 Å². The first-order chi connectivity index (χ1) is 8.75. The Labute approximate surface area is 106 Å². The summed E-state index contributed by atoms with van der Waals surface area (Å²) in [7, 11) is 0. The summed E-state index contributed by atoms with van der Waals surface area (Å²) in [4.78, 5) is 7.18.